The summed E-state index contributed by atoms with van der Waals surface area (Å²) in [6.07, 6.45) is -2.88. The van der Waals surface area contributed by atoms with E-state index in [0.29, 0.717) is 18.5 Å². The van der Waals surface area contributed by atoms with E-state index in [2.05, 4.69) is 26.0 Å². The van der Waals surface area contributed by atoms with Crippen LogP contribution in [0.25, 0.3) is 0 Å². The Morgan fingerprint density at radius 2 is 1.74 bits per heavy atom. The highest BCUT2D eigenvalue weighted by atomic mass is 19.4. The van der Waals surface area contributed by atoms with Gasteiger partial charge >= 0.3 is 6.36 Å². The van der Waals surface area contributed by atoms with Gasteiger partial charge in [0.15, 0.2) is 0 Å². The number of hydrogen-bond acceptors (Lipinski definition) is 6. The molecule has 42 heavy (non-hydrogen) atoms. The van der Waals surface area contributed by atoms with Crippen LogP contribution in [0.5, 0.6) is 5.75 Å². The standard InChI is InChI=1S/C29H39F3N4O6/c1-16(17-6-5-7-20(13-17)42-29(30,31)32)12-23(37)35-22(15-28(2,3)4)26(40)36-21(14-18-10-11-33-25(18)39)24(38)27(41)34-19-8-9-19/h5-7,13,16,18-19,21-22H,8-12,14-15H2,1-4H3,(H,33,39)(H,34,41)(H,35,37)(H,36,40)/t16-,18+,21?,22+/m1/s1. The Bertz CT molecular complexity index is 1180. The molecule has 1 aromatic carbocycles. The zero-order chi connectivity index (χ0) is 31.2. The monoisotopic (exact) mass is 596 g/mol. The lowest BCUT2D eigenvalue weighted by molar-refractivity contribution is -0.274. The van der Waals surface area contributed by atoms with E-state index in [-0.39, 0.29) is 31.2 Å². The van der Waals surface area contributed by atoms with Crippen molar-refractivity contribution in [3.8, 4) is 5.75 Å². The van der Waals surface area contributed by atoms with E-state index in [1.807, 2.05) is 20.8 Å². The quantitative estimate of drug-likeness (QED) is 0.258. The predicted molar refractivity (Wildman–Crippen MR) is 146 cm³/mol. The number of carbonyl (C=O) groups is 5. The van der Waals surface area contributed by atoms with Crippen LogP contribution in [0.15, 0.2) is 24.3 Å². The van der Waals surface area contributed by atoms with Gasteiger partial charge in [-0.05, 0) is 61.1 Å². The molecular formula is C29H39F3N4O6. The fourth-order valence-corrected chi connectivity index (χ4v) is 4.79. The number of amides is 4. The van der Waals surface area contributed by atoms with Gasteiger partial charge in [0.2, 0.25) is 23.5 Å². The van der Waals surface area contributed by atoms with Crippen LogP contribution in [-0.4, -0.2) is 60.4 Å². The van der Waals surface area contributed by atoms with Crippen LogP contribution in [0.1, 0.15) is 77.7 Å². The largest absolute Gasteiger partial charge is 0.573 e. The molecule has 4 N–H and O–H groups in total. The summed E-state index contributed by atoms with van der Waals surface area (Å²) in [6.45, 7) is 7.68. The Balaban J connectivity index is 1.71. The normalized spacial score (nSPS) is 19.2. The zero-order valence-electron chi connectivity index (χ0n) is 24.2. The van der Waals surface area contributed by atoms with Gasteiger partial charge in [0.05, 0.1) is 6.04 Å². The maximum Gasteiger partial charge on any atom is 0.573 e. The number of Topliss-reactive ketones (excluding diaryl/α,β-unsaturated/α-hetero) is 1. The topological polar surface area (TPSA) is 143 Å². The van der Waals surface area contributed by atoms with E-state index in [1.165, 1.54) is 12.1 Å². The molecule has 2 aliphatic rings. The zero-order valence-corrected chi connectivity index (χ0v) is 24.2. The van der Waals surface area contributed by atoms with Crippen LogP contribution in [0.2, 0.25) is 0 Å². The van der Waals surface area contributed by atoms with Gasteiger partial charge < -0.3 is 26.0 Å². The highest BCUT2D eigenvalue weighted by molar-refractivity contribution is 6.38. The van der Waals surface area contributed by atoms with E-state index >= 15 is 0 Å². The average Bonchev–Trinajstić information content (AvgIpc) is 3.59. The van der Waals surface area contributed by atoms with Crippen molar-refractivity contribution in [3.05, 3.63) is 29.8 Å². The minimum atomic E-state index is -4.86. The number of ketones is 1. The minimum absolute atomic E-state index is 0.0575. The van der Waals surface area contributed by atoms with E-state index in [9.17, 15) is 37.1 Å². The first-order valence-corrected chi connectivity index (χ1v) is 14.1. The van der Waals surface area contributed by atoms with Gasteiger partial charge in [-0.2, -0.15) is 0 Å². The molecule has 1 aromatic rings. The lowest BCUT2D eigenvalue weighted by atomic mass is 9.87. The fraction of sp³-hybridized carbons (Fsp3) is 0.621. The first-order valence-electron chi connectivity index (χ1n) is 14.1. The summed E-state index contributed by atoms with van der Waals surface area (Å²) in [5.41, 5.74) is 0.00384. The molecule has 4 atom stereocenters. The van der Waals surface area contributed by atoms with E-state index < -0.39 is 65.0 Å². The van der Waals surface area contributed by atoms with Crippen molar-refractivity contribution in [2.75, 3.05) is 6.54 Å². The summed E-state index contributed by atoms with van der Waals surface area (Å²) in [7, 11) is 0. The van der Waals surface area contributed by atoms with Gasteiger partial charge in [-0.25, -0.2) is 0 Å². The SMILES string of the molecule is C[C@H](CC(=O)N[C@@H](CC(C)(C)C)C(=O)NC(C[C@@H]1CCNC1=O)C(=O)C(=O)NC1CC1)c1cccc(OC(F)(F)F)c1. The molecule has 3 rings (SSSR count). The van der Waals surface area contributed by atoms with Gasteiger partial charge in [-0.15, -0.1) is 13.2 Å². The van der Waals surface area contributed by atoms with E-state index in [1.54, 1.807) is 13.0 Å². The Hall–Kier alpha value is -3.64. The van der Waals surface area contributed by atoms with Gasteiger partial charge in [0.1, 0.15) is 11.8 Å². The predicted octanol–water partition coefficient (Wildman–Crippen LogP) is 2.86. The van der Waals surface area contributed by atoms with Crippen LogP contribution >= 0.6 is 0 Å². The number of carbonyl (C=O) groups excluding carboxylic acids is 5. The number of rotatable bonds is 13. The highest BCUT2D eigenvalue weighted by Gasteiger charge is 2.38. The average molecular weight is 597 g/mol. The Kier molecular flexibility index (Phi) is 10.6. The summed E-state index contributed by atoms with van der Waals surface area (Å²) in [4.78, 5) is 64.3. The molecule has 1 aliphatic heterocycles. The van der Waals surface area contributed by atoms with Gasteiger partial charge in [-0.1, -0.05) is 39.8 Å². The number of halogens is 3. The number of ether oxygens (including phenoxy) is 1. The van der Waals surface area contributed by atoms with Gasteiger partial charge in [0.25, 0.3) is 5.91 Å². The van der Waals surface area contributed by atoms with Crippen molar-refractivity contribution in [1.29, 1.82) is 0 Å². The first-order chi connectivity index (χ1) is 19.5. The maximum atomic E-state index is 13.5. The summed E-state index contributed by atoms with van der Waals surface area (Å²) in [6, 6.07) is 2.90. The lowest BCUT2D eigenvalue weighted by Crippen LogP contribution is -2.55. The molecule has 13 heteroatoms. The third-order valence-electron chi connectivity index (χ3n) is 7.07. The summed E-state index contributed by atoms with van der Waals surface area (Å²) in [5.74, 6) is -4.63. The van der Waals surface area contributed by atoms with Crippen LogP contribution in [0.4, 0.5) is 13.2 Å². The molecule has 1 saturated carbocycles. The molecule has 0 radical (unpaired) electrons. The second-order valence-electron chi connectivity index (χ2n) is 12.3. The van der Waals surface area contributed by atoms with Crippen LogP contribution in [0, 0.1) is 11.3 Å². The van der Waals surface area contributed by atoms with Crippen molar-refractivity contribution >= 4 is 29.4 Å². The maximum absolute atomic E-state index is 13.5. The number of alkyl halides is 3. The Labute approximate surface area is 242 Å². The molecule has 4 amide bonds. The number of hydrogen-bond donors (Lipinski definition) is 4. The minimum Gasteiger partial charge on any atom is -0.406 e. The van der Waals surface area contributed by atoms with Crippen molar-refractivity contribution < 1.29 is 41.9 Å². The fourth-order valence-electron chi connectivity index (χ4n) is 4.79. The lowest BCUT2D eigenvalue weighted by Gasteiger charge is -2.28. The molecule has 1 heterocycles. The van der Waals surface area contributed by atoms with Crippen molar-refractivity contribution in [2.24, 2.45) is 11.3 Å². The molecular weight excluding hydrogens is 557 g/mol. The molecule has 0 bridgehead atoms. The Morgan fingerprint density at radius 3 is 2.31 bits per heavy atom. The molecule has 10 nitrogen and oxygen atoms in total. The van der Waals surface area contributed by atoms with Crippen molar-refractivity contribution in [2.45, 2.75) is 96.6 Å². The summed E-state index contributed by atoms with van der Waals surface area (Å²) < 4.78 is 41.8. The van der Waals surface area contributed by atoms with Crippen molar-refractivity contribution in [3.63, 3.8) is 0 Å². The van der Waals surface area contributed by atoms with Crippen LogP contribution in [-0.2, 0) is 24.0 Å². The molecule has 1 saturated heterocycles. The highest BCUT2D eigenvalue weighted by Crippen LogP contribution is 2.28. The third kappa shape index (κ3) is 10.6. The molecule has 0 spiro atoms. The summed E-state index contributed by atoms with van der Waals surface area (Å²) >= 11 is 0. The van der Waals surface area contributed by atoms with Crippen molar-refractivity contribution in [1.82, 2.24) is 21.3 Å². The second kappa shape index (κ2) is 13.6. The first kappa shape index (κ1) is 32.9. The van der Waals surface area contributed by atoms with E-state index in [4.69, 9.17) is 0 Å². The molecule has 232 valence electrons. The molecule has 1 unspecified atom stereocenters. The second-order valence-corrected chi connectivity index (χ2v) is 12.3. The number of benzene rings is 1. The Morgan fingerprint density at radius 1 is 1.05 bits per heavy atom. The molecule has 0 aromatic heterocycles. The van der Waals surface area contributed by atoms with Gasteiger partial charge in [-0.3, -0.25) is 24.0 Å². The third-order valence-corrected chi connectivity index (χ3v) is 7.07. The smallest absolute Gasteiger partial charge is 0.406 e. The summed E-state index contributed by atoms with van der Waals surface area (Å²) in [5, 5.41) is 10.6. The van der Waals surface area contributed by atoms with Crippen LogP contribution < -0.4 is 26.0 Å². The van der Waals surface area contributed by atoms with Crippen LogP contribution in [0.3, 0.4) is 0 Å². The molecule has 2 fully saturated rings. The number of nitrogens with one attached hydrogen (secondary N) is 4. The van der Waals surface area contributed by atoms with Gasteiger partial charge in [0, 0.05) is 24.9 Å². The van der Waals surface area contributed by atoms with E-state index in [0.717, 1.165) is 18.9 Å². The molecule has 1 aliphatic carbocycles.